The Kier molecular flexibility index (Phi) is 6.68. The second-order valence-electron chi connectivity index (χ2n) is 6.39. The van der Waals surface area contributed by atoms with Crippen molar-refractivity contribution in [1.82, 2.24) is 0 Å². The Labute approximate surface area is 169 Å². The van der Waals surface area contributed by atoms with Crippen molar-refractivity contribution >= 4 is 46.6 Å². The number of ether oxygens (including phenoxy) is 1. The van der Waals surface area contributed by atoms with E-state index in [4.69, 9.17) is 16.3 Å². The standard InChI is InChI=1S/C21H22ClN3O3/c1-15(26)23-18-6-2-16(3-7-18)4-9-21(27)24-19-14-17(22)5-8-20(19)25-10-12-28-13-11-25/h2-9,14H,10-13H2,1H3,(H,23,26)(H,24,27). The molecule has 1 saturated heterocycles. The normalized spacial score (nSPS) is 14.1. The molecule has 6 nitrogen and oxygen atoms in total. The molecule has 0 atom stereocenters. The smallest absolute Gasteiger partial charge is 0.248 e. The van der Waals surface area contributed by atoms with Gasteiger partial charge in [0.2, 0.25) is 11.8 Å². The number of rotatable bonds is 5. The summed E-state index contributed by atoms with van der Waals surface area (Å²) in [6, 6.07) is 12.7. The molecule has 3 rings (SSSR count). The first-order valence-corrected chi connectivity index (χ1v) is 9.38. The fourth-order valence-electron chi connectivity index (χ4n) is 2.92. The fourth-order valence-corrected chi connectivity index (χ4v) is 3.09. The number of hydrogen-bond donors (Lipinski definition) is 2. The maximum Gasteiger partial charge on any atom is 0.248 e. The minimum Gasteiger partial charge on any atom is -0.378 e. The quantitative estimate of drug-likeness (QED) is 0.750. The molecule has 0 radical (unpaired) electrons. The van der Waals surface area contributed by atoms with Crippen LogP contribution in [-0.4, -0.2) is 38.1 Å². The van der Waals surface area contributed by atoms with Gasteiger partial charge in [-0.25, -0.2) is 0 Å². The van der Waals surface area contributed by atoms with Crippen LogP contribution in [0.1, 0.15) is 12.5 Å². The van der Waals surface area contributed by atoms with Gasteiger partial charge in [-0.15, -0.1) is 0 Å². The number of nitrogens with one attached hydrogen (secondary N) is 2. The lowest BCUT2D eigenvalue weighted by atomic mass is 10.2. The molecule has 2 amide bonds. The number of hydrogen-bond acceptors (Lipinski definition) is 4. The van der Waals surface area contributed by atoms with Crippen molar-refractivity contribution in [3.8, 4) is 0 Å². The Hall–Kier alpha value is -2.83. The van der Waals surface area contributed by atoms with E-state index in [0.717, 1.165) is 24.3 Å². The minimum absolute atomic E-state index is 0.125. The van der Waals surface area contributed by atoms with E-state index in [9.17, 15) is 9.59 Å². The van der Waals surface area contributed by atoms with Gasteiger partial charge in [-0.2, -0.15) is 0 Å². The molecule has 2 aromatic rings. The maximum absolute atomic E-state index is 12.4. The molecule has 1 fully saturated rings. The van der Waals surface area contributed by atoms with Crippen LogP contribution in [0.15, 0.2) is 48.5 Å². The van der Waals surface area contributed by atoms with Crippen molar-refractivity contribution < 1.29 is 14.3 Å². The molecule has 2 N–H and O–H groups in total. The summed E-state index contributed by atoms with van der Waals surface area (Å²) in [6.45, 7) is 4.30. The van der Waals surface area contributed by atoms with Gasteiger partial charge in [0.05, 0.1) is 24.6 Å². The SMILES string of the molecule is CC(=O)Nc1ccc(C=CC(=O)Nc2cc(Cl)ccc2N2CCOCC2)cc1. The number of amides is 2. The van der Waals surface area contributed by atoms with E-state index in [1.54, 1.807) is 24.3 Å². The van der Waals surface area contributed by atoms with Crippen molar-refractivity contribution in [3.05, 3.63) is 59.1 Å². The summed E-state index contributed by atoms with van der Waals surface area (Å²) in [7, 11) is 0. The van der Waals surface area contributed by atoms with Gasteiger partial charge in [-0.3, -0.25) is 9.59 Å². The predicted octanol–water partition coefficient (Wildman–Crippen LogP) is 3.79. The number of halogens is 1. The monoisotopic (exact) mass is 399 g/mol. The van der Waals surface area contributed by atoms with Crippen LogP contribution in [0.2, 0.25) is 5.02 Å². The maximum atomic E-state index is 12.4. The van der Waals surface area contributed by atoms with Gasteiger partial charge in [0, 0.05) is 36.8 Å². The van der Waals surface area contributed by atoms with Gasteiger partial charge in [0.15, 0.2) is 0 Å². The summed E-state index contributed by atoms with van der Waals surface area (Å²) in [6.07, 6.45) is 3.18. The highest BCUT2D eigenvalue weighted by Gasteiger charge is 2.16. The molecule has 28 heavy (non-hydrogen) atoms. The number of morpholine rings is 1. The molecule has 1 aliphatic rings. The van der Waals surface area contributed by atoms with Crippen LogP contribution in [-0.2, 0) is 14.3 Å². The fraction of sp³-hybridized carbons (Fsp3) is 0.238. The van der Waals surface area contributed by atoms with Crippen LogP contribution in [0, 0.1) is 0 Å². The lowest BCUT2D eigenvalue weighted by Gasteiger charge is -2.30. The van der Waals surface area contributed by atoms with Crippen LogP contribution in [0.3, 0.4) is 0 Å². The lowest BCUT2D eigenvalue weighted by Crippen LogP contribution is -2.36. The molecular weight excluding hydrogens is 378 g/mol. The van der Waals surface area contributed by atoms with Gasteiger partial charge in [-0.05, 0) is 42.0 Å². The molecule has 0 saturated carbocycles. The summed E-state index contributed by atoms with van der Waals surface area (Å²) in [4.78, 5) is 25.6. The third-order valence-corrected chi connectivity index (χ3v) is 4.46. The van der Waals surface area contributed by atoms with Gasteiger partial charge < -0.3 is 20.3 Å². The summed E-state index contributed by atoms with van der Waals surface area (Å²) in [5.41, 5.74) is 3.16. The van der Waals surface area contributed by atoms with Crippen LogP contribution in [0.25, 0.3) is 6.08 Å². The third-order valence-electron chi connectivity index (χ3n) is 4.23. The second-order valence-corrected chi connectivity index (χ2v) is 6.82. The summed E-state index contributed by atoms with van der Waals surface area (Å²) in [5, 5.41) is 6.17. The van der Waals surface area contributed by atoms with Crippen LogP contribution in [0.4, 0.5) is 17.1 Å². The first kappa shape index (κ1) is 19.9. The van der Waals surface area contributed by atoms with Crippen molar-refractivity contribution in [2.75, 3.05) is 41.8 Å². The highest BCUT2D eigenvalue weighted by Crippen LogP contribution is 2.30. The van der Waals surface area contributed by atoms with E-state index < -0.39 is 0 Å². The topological polar surface area (TPSA) is 70.7 Å². The molecule has 0 spiro atoms. The molecular formula is C21H22ClN3O3. The van der Waals surface area contributed by atoms with E-state index in [-0.39, 0.29) is 11.8 Å². The van der Waals surface area contributed by atoms with Crippen LogP contribution < -0.4 is 15.5 Å². The van der Waals surface area contributed by atoms with Crippen LogP contribution >= 0.6 is 11.6 Å². The van der Waals surface area contributed by atoms with Gasteiger partial charge in [0.1, 0.15) is 0 Å². The lowest BCUT2D eigenvalue weighted by molar-refractivity contribution is -0.114. The molecule has 0 unspecified atom stereocenters. The zero-order valence-electron chi connectivity index (χ0n) is 15.6. The molecule has 146 valence electrons. The van der Waals surface area contributed by atoms with E-state index >= 15 is 0 Å². The van der Waals surface area contributed by atoms with E-state index in [0.29, 0.717) is 29.6 Å². The first-order valence-electron chi connectivity index (χ1n) is 9.00. The Balaban J connectivity index is 1.68. The largest absolute Gasteiger partial charge is 0.378 e. The van der Waals surface area contributed by atoms with E-state index in [2.05, 4.69) is 15.5 Å². The Morgan fingerprint density at radius 2 is 1.79 bits per heavy atom. The van der Waals surface area contributed by atoms with Crippen molar-refractivity contribution in [3.63, 3.8) is 0 Å². The zero-order chi connectivity index (χ0) is 19.9. The van der Waals surface area contributed by atoms with Gasteiger partial charge in [0.25, 0.3) is 0 Å². The van der Waals surface area contributed by atoms with Crippen molar-refractivity contribution in [2.45, 2.75) is 6.92 Å². The number of carbonyl (C=O) groups excluding carboxylic acids is 2. The summed E-state index contributed by atoms with van der Waals surface area (Å²) in [5.74, 6) is -0.372. The van der Waals surface area contributed by atoms with Crippen molar-refractivity contribution in [2.24, 2.45) is 0 Å². The highest BCUT2D eigenvalue weighted by atomic mass is 35.5. The number of carbonyl (C=O) groups is 2. The van der Waals surface area contributed by atoms with Crippen molar-refractivity contribution in [1.29, 1.82) is 0 Å². The third kappa shape index (κ3) is 5.58. The number of nitrogens with zero attached hydrogens (tertiary/aromatic N) is 1. The molecule has 1 heterocycles. The molecule has 2 aromatic carbocycles. The average Bonchev–Trinajstić information content (AvgIpc) is 2.68. The summed E-state index contributed by atoms with van der Waals surface area (Å²) >= 11 is 6.12. The minimum atomic E-state index is -0.247. The Morgan fingerprint density at radius 3 is 2.46 bits per heavy atom. The molecule has 1 aliphatic heterocycles. The Morgan fingerprint density at radius 1 is 1.07 bits per heavy atom. The van der Waals surface area contributed by atoms with E-state index in [1.165, 1.54) is 13.0 Å². The highest BCUT2D eigenvalue weighted by molar-refractivity contribution is 6.31. The number of anilines is 3. The van der Waals surface area contributed by atoms with Gasteiger partial charge in [-0.1, -0.05) is 23.7 Å². The average molecular weight is 400 g/mol. The van der Waals surface area contributed by atoms with E-state index in [1.807, 2.05) is 24.3 Å². The zero-order valence-corrected chi connectivity index (χ0v) is 16.3. The second kappa shape index (κ2) is 9.39. The molecule has 0 aliphatic carbocycles. The Bertz CT molecular complexity index is 875. The predicted molar refractivity (Wildman–Crippen MR) is 113 cm³/mol. The van der Waals surface area contributed by atoms with Gasteiger partial charge >= 0.3 is 0 Å². The summed E-state index contributed by atoms with van der Waals surface area (Å²) < 4.78 is 5.39. The molecule has 7 heteroatoms. The first-order chi connectivity index (χ1) is 13.5. The molecule has 0 bridgehead atoms. The number of benzene rings is 2. The van der Waals surface area contributed by atoms with Crippen LogP contribution in [0.5, 0.6) is 0 Å². The molecule has 0 aromatic heterocycles.